The molecule has 0 spiro atoms. The molecule has 0 radical (unpaired) electrons. The topological polar surface area (TPSA) is 76.0 Å². The van der Waals surface area contributed by atoms with Crippen molar-refractivity contribution in [3.63, 3.8) is 0 Å². The highest BCUT2D eigenvalue weighted by atomic mass is 32.2. The summed E-state index contributed by atoms with van der Waals surface area (Å²) in [6.45, 7) is 9.37. The van der Waals surface area contributed by atoms with Crippen molar-refractivity contribution < 1.29 is 9.90 Å². The third-order valence-corrected chi connectivity index (χ3v) is 4.23. The Bertz CT molecular complexity index is 706. The predicted molar refractivity (Wildman–Crippen MR) is 81.0 cm³/mol. The molecule has 0 atom stereocenters. The summed E-state index contributed by atoms with van der Waals surface area (Å²) in [4.78, 5) is 25.1. The second-order valence-electron chi connectivity index (χ2n) is 4.93. The first-order chi connectivity index (χ1) is 9.79. The lowest BCUT2D eigenvalue weighted by molar-refractivity contribution is 0.0691. The molecule has 0 amide bonds. The summed E-state index contributed by atoms with van der Waals surface area (Å²) in [6, 6.07) is 1.76. The second-order valence-corrected chi connectivity index (χ2v) is 5.94. The Kier molecular flexibility index (Phi) is 4.27. The number of carboxylic acid groups (broad SMARTS) is 1. The van der Waals surface area contributed by atoms with Crippen molar-refractivity contribution in [1.82, 2.24) is 15.0 Å². The minimum absolute atomic E-state index is 0.213. The largest absolute Gasteiger partial charge is 0.478 e. The minimum atomic E-state index is -0.983. The van der Waals surface area contributed by atoms with Crippen LogP contribution in [0.4, 0.5) is 0 Å². The average molecular weight is 303 g/mol. The van der Waals surface area contributed by atoms with E-state index in [4.69, 9.17) is 0 Å². The van der Waals surface area contributed by atoms with Crippen molar-refractivity contribution in [2.45, 2.75) is 44.7 Å². The van der Waals surface area contributed by atoms with Crippen molar-refractivity contribution in [3.05, 3.63) is 40.0 Å². The molecule has 6 heteroatoms. The first kappa shape index (κ1) is 15.4. The summed E-state index contributed by atoms with van der Waals surface area (Å²) in [5, 5.41) is 9.93. The number of aromatic carboxylic acids is 1. The Morgan fingerprint density at radius 3 is 2.10 bits per heavy atom. The summed E-state index contributed by atoms with van der Waals surface area (Å²) in [6.07, 6.45) is 0. The number of hydrogen-bond donors (Lipinski definition) is 1. The molecule has 0 aromatic carbocycles. The van der Waals surface area contributed by atoms with Crippen LogP contribution in [0, 0.1) is 34.6 Å². The fraction of sp³-hybridized carbons (Fsp3) is 0.333. The van der Waals surface area contributed by atoms with E-state index >= 15 is 0 Å². The molecule has 110 valence electrons. The molecule has 0 aliphatic heterocycles. The quantitative estimate of drug-likeness (QED) is 0.877. The smallest absolute Gasteiger partial charge is 0.338 e. The van der Waals surface area contributed by atoms with E-state index in [1.165, 1.54) is 11.8 Å². The van der Waals surface area contributed by atoms with E-state index in [0.29, 0.717) is 15.7 Å². The van der Waals surface area contributed by atoms with E-state index in [9.17, 15) is 9.90 Å². The van der Waals surface area contributed by atoms with Crippen LogP contribution in [-0.2, 0) is 0 Å². The highest BCUT2D eigenvalue weighted by molar-refractivity contribution is 7.99. The molecular weight excluding hydrogens is 286 g/mol. The number of carbonyl (C=O) groups is 1. The molecule has 0 aliphatic rings. The van der Waals surface area contributed by atoms with Gasteiger partial charge in [0.15, 0.2) is 5.16 Å². The maximum atomic E-state index is 11.4. The Balaban J connectivity index is 2.51. The lowest BCUT2D eigenvalue weighted by Crippen LogP contribution is -2.06. The van der Waals surface area contributed by atoms with E-state index in [1.54, 1.807) is 13.0 Å². The molecule has 5 nitrogen and oxygen atoms in total. The number of hydrogen-bond acceptors (Lipinski definition) is 5. The summed E-state index contributed by atoms with van der Waals surface area (Å²) in [7, 11) is 0. The Labute approximate surface area is 127 Å². The van der Waals surface area contributed by atoms with Crippen LogP contribution in [0.25, 0.3) is 0 Å². The third-order valence-electron chi connectivity index (χ3n) is 3.32. The van der Waals surface area contributed by atoms with Crippen LogP contribution in [-0.4, -0.2) is 26.0 Å². The molecule has 0 fully saturated rings. The lowest BCUT2D eigenvalue weighted by atomic mass is 10.2. The maximum Gasteiger partial charge on any atom is 0.338 e. The number of aromatic nitrogens is 3. The molecular formula is C15H17N3O2S. The van der Waals surface area contributed by atoms with E-state index in [0.717, 1.165) is 22.6 Å². The maximum absolute atomic E-state index is 11.4. The average Bonchev–Trinajstić information content (AvgIpc) is 2.34. The van der Waals surface area contributed by atoms with Gasteiger partial charge < -0.3 is 5.11 Å². The molecule has 21 heavy (non-hydrogen) atoms. The molecule has 2 rings (SSSR count). The van der Waals surface area contributed by atoms with Gasteiger partial charge in [0.05, 0.1) is 11.3 Å². The summed E-state index contributed by atoms with van der Waals surface area (Å²) in [5.41, 5.74) is 4.37. The minimum Gasteiger partial charge on any atom is -0.478 e. The van der Waals surface area contributed by atoms with Gasteiger partial charge in [-0.2, -0.15) is 0 Å². The number of carboxylic acids is 1. The van der Waals surface area contributed by atoms with Crippen molar-refractivity contribution in [2.75, 3.05) is 0 Å². The van der Waals surface area contributed by atoms with Gasteiger partial charge in [-0.3, -0.25) is 4.98 Å². The van der Waals surface area contributed by atoms with Gasteiger partial charge in [0, 0.05) is 22.0 Å². The van der Waals surface area contributed by atoms with Gasteiger partial charge >= 0.3 is 5.97 Å². The fourth-order valence-corrected chi connectivity index (χ4v) is 3.15. The zero-order chi connectivity index (χ0) is 15.7. The molecule has 0 saturated carbocycles. The second kappa shape index (κ2) is 5.81. The molecule has 0 saturated heterocycles. The standard InChI is InChI=1S/C15H17N3O2S/c1-7-6-12(13(14(19)20)11(5)16-7)21-15-17-9(3)8(2)10(4)18-15/h6H,1-5H3,(H,19,20). The Hall–Kier alpha value is -1.95. The van der Waals surface area contributed by atoms with Gasteiger partial charge in [0.2, 0.25) is 0 Å². The van der Waals surface area contributed by atoms with Crippen LogP contribution >= 0.6 is 11.8 Å². The molecule has 0 aliphatic carbocycles. The number of pyridine rings is 1. The van der Waals surface area contributed by atoms with Gasteiger partial charge in [-0.05, 0) is 58.0 Å². The summed E-state index contributed by atoms with van der Waals surface area (Å²) < 4.78 is 0. The van der Waals surface area contributed by atoms with Crippen molar-refractivity contribution in [2.24, 2.45) is 0 Å². The zero-order valence-electron chi connectivity index (χ0n) is 12.7. The molecule has 1 N–H and O–H groups in total. The van der Waals surface area contributed by atoms with Crippen molar-refractivity contribution >= 4 is 17.7 Å². The van der Waals surface area contributed by atoms with Crippen LogP contribution in [0.15, 0.2) is 16.1 Å². The summed E-state index contributed by atoms with van der Waals surface area (Å²) >= 11 is 1.26. The van der Waals surface area contributed by atoms with Crippen LogP contribution in [0.2, 0.25) is 0 Å². The Morgan fingerprint density at radius 2 is 1.57 bits per heavy atom. The predicted octanol–water partition coefficient (Wildman–Crippen LogP) is 3.26. The monoisotopic (exact) mass is 303 g/mol. The highest BCUT2D eigenvalue weighted by Crippen LogP contribution is 2.30. The molecule has 0 unspecified atom stereocenters. The normalized spacial score (nSPS) is 10.7. The van der Waals surface area contributed by atoms with E-state index in [2.05, 4.69) is 15.0 Å². The third kappa shape index (κ3) is 3.21. The number of rotatable bonds is 3. The van der Waals surface area contributed by atoms with Crippen molar-refractivity contribution in [3.8, 4) is 0 Å². The first-order valence-corrected chi connectivity index (χ1v) is 7.32. The number of nitrogens with zero attached hydrogens (tertiary/aromatic N) is 3. The Morgan fingerprint density at radius 1 is 1.00 bits per heavy atom. The lowest BCUT2D eigenvalue weighted by Gasteiger charge is -2.10. The zero-order valence-corrected chi connectivity index (χ0v) is 13.5. The fourth-order valence-electron chi connectivity index (χ4n) is 2.02. The van der Waals surface area contributed by atoms with Crippen LogP contribution in [0.5, 0.6) is 0 Å². The highest BCUT2D eigenvalue weighted by Gasteiger charge is 2.18. The molecule has 0 bridgehead atoms. The molecule has 2 heterocycles. The van der Waals surface area contributed by atoms with E-state index in [-0.39, 0.29) is 5.56 Å². The van der Waals surface area contributed by atoms with Crippen LogP contribution in [0.1, 0.15) is 38.7 Å². The van der Waals surface area contributed by atoms with Crippen molar-refractivity contribution in [1.29, 1.82) is 0 Å². The van der Waals surface area contributed by atoms with Gasteiger partial charge in [-0.15, -0.1) is 0 Å². The van der Waals surface area contributed by atoms with Crippen LogP contribution in [0.3, 0.4) is 0 Å². The summed E-state index contributed by atoms with van der Waals surface area (Å²) in [5.74, 6) is -0.983. The van der Waals surface area contributed by atoms with Gasteiger partial charge in [-0.1, -0.05) is 0 Å². The van der Waals surface area contributed by atoms with Gasteiger partial charge in [0.25, 0.3) is 0 Å². The van der Waals surface area contributed by atoms with E-state index in [1.807, 2.05) is 27.7 Å². The van der Waals surface area contributed by atoms with Gasteiger partial charge in [0.1, 0.15) is 0 Å². The SMILES string of the molecule is Cc1cc(Sc2nc(C)c(C)c(C)n2)c(C(=O)O)c(C)n1. The van der Waals surface area contributed by atoms with Gasteiger partial charge in [-0.25, -0.2) is 14.8 Å². The first-order valence-electron chi connectivity index (χ1n) is 6.50. The van der Waals surface area contributed by atoms with E-state index < -0.39 is 5.97 Å². The molecule has 2 aromatic heterocycles. The van der Waals surface area contributed by atoms with Crippen LogP contribution < -0.4 is 0 Å². The molecule has 2 aromatic rings. The number of aryl methyl sites for hydroxylation is 4.